The quantitative estimate of drug-likeness (QED) is 0.481. The highest BCUT2D eigenvalue weighted by Crippen LogP contribution is 2.22. The van der Waals surface area contributed by atoms with Crippen LogP contribution in [-0.4, -0.2) is 4.57 Å². The van der Waals surface area contributed by atoms with E-state index in [-0.39, 0.29) is 0 Å². The van der Waals surface area contributed by atoms with Gasteiger partial charge in [0, 0.05) is 6.92 Å². The minimum atomic E-state index is 1.19. The van der Waals surface area contributed by atoms with Crippen LogP contribution in [-0.2, 0) is 0 Å². The standard InChI is InChI=1S/C21H19N2/c1-16-10-6-7-13-19(16)23-17(2)22(18-11-4-3-5-12-18)20-14-8-9-15-21(20)23/h3-15H,1-2H3/q+1. The summed E-state index contributed by atoms with van der Waals surface area (Å²) >= 11 is 0. The smallest absolute Gasteiger partial charge is 0.192 e. The van der Waals surface area contributed by atoms with Gasteiger partial charge in [-0.25, -0.2) is 0 Å². The van der Waals surface area contributed by atoms with Gasteiger partial charge < -0.3 is 0 Å². The molecule has 0 aliphatic rings. The fraction of sp³-hybridized carbons (Fsp3) is 0.0952. The summed E-state index contributed by atoms with van der Waals surface area (Å²) in [5.74, 6) is 1.20. The van der Waals surface area contributed by atoms with E-state index in [4.69, 9.17) is 0 Å². The zero-order valence-corrected chi connectivity index (χ0v) is 13.4. The van der Waals surface area contributed by atoms with Crippen LogP contribution < -0.4 is 4.57 Å². The van der Waals surface area contributed by atoms with Crippen LogP contribution in [0.5, 0.6) is 0 Å². The number of fused-ring (bicyclic) bond motifs is 1. The van der Waals surface area contributed by atoms with E-state index < -0.39 is 0 Å². The zero-order chi connectivity index (χ0) is 15.8. The van der Waals surface area contributed by atoms with Crippen molar-refractivity contribution in [2.45, 2.75) is 13.8 Å². The highest BCUT2D eigenvalue weighted by atomic mass is 15.2. The predicted molar refractivity (Wildman–Crippen MR) is 94.3 cm³/mol. The number of imidazole rings is 1. The Balaban J connectivity index is 2.11. The molecule has 1 heterocycles. The summed E-state index contributed by atoms with van der Waals surface area (Å²) in [7, 11) is 0. The number of aryl methyl sites for hydroxylation is 1. The van der Waals surface area contributed by atoms with Gasteiger partial charge in [0.2, 0.25) is 0 Å². The normalized spacial score (nSPS) is 11.0. The summed E-state index contributed by atoms with van der Waals surface area (Å²) in [6.07, 6.45) is 0. The van der Waals surface area contributed by atoms with Gasteiger partial charge >= 0.3 is 0 Å². The number of benzene rings is 3. The van der Waals surface area contributed by atoms with Gasteiger partial charge in [0.25, 0.3) is 5.82 Å². The molecule has 0 aliphatic carbocycles. The molecule has 0 unspecified atom stereocenters. The third-order valence-electron chi connectivity index (χ3n) is 4.38. The molecule has 23 heavy (non-hydrogen) atoms. The lowest BCUT2D eigenvalue weighted by molar-refractivity contribution is -0.575. The number of para-hydroxylation sites is 4. The van der Waals surface area contributed by atoms with E-state index in [1.54, 1.807) is 0 Å². The second kappa shape index (κ2) is 5.40. The van der Waals surface area contributed by atoms with Gasteiger partial charge in [-0.05, 0) is 42.8 Å². The van der Waals surface area contributed by atoms with Crippen LogP contribution in [0.1, 0.15) is 11.4 Å². The van der Waals surface area contributed by atoms with Gasteiger partial charge in [0.05, 0.1) is 0 Å². The topological polar surface area (TPSA) is 8.81 Å². The minimum absolute atomic E-state index is 1.19. The summed E-state index contributed by atoms with van der Waals surface area (Å²) in [5.41, 5.74) is 6.14. The SMILES string of the molecule is Cc1ccccc1-[n+]1c(C)n(-c2ccccc2)c2ccccc21. The summed E-state index contributed by atoms with van der Waals surface area (Å²) in [4.78, 5) is 0. The first kappa shape index (κ1) is 13.8. The Morgan fingerprint density at radius 3 is 2.13 bits per heavy atom. The summed E-state index contributed by atoms with van der Waals surface area (Å²) in [5, 5.41) is 0. The first-order valence-corrected chi connectivity index (χ1v) is 7.91. The van der Waals surface area contributed by atoms with Crippen LogP contribution in [0.25, 0.3) is 22.4 Å². The Labute approximate surface area is 136 Å². The molecule has 0 saturated heterocycles. The summed E-state index contributed by atoms with van der Waals surface area (Å²) in [6.45, 7) is 4.34. The van der Waals surface area contributed by atoms with Crippen molar-refractivity contribution in [3.05, 3.63) is 90.3 Å². The van der Waals surface area contributed by atoms with Gasteiger partial charge in [-0.1, -0.05) is 48.5 Å². The van der Waals surface area contributed by atoms with Crippen molar-refractivity contribution in [1.82, 2.24) is 4.57 Å². The second-order valence-electron chi connectivity index (χ2n) is 5.83. The van der Waals surface area contributed by atoms with Crippen LogP contribution in [0.15, 0.2) is 78.9 Å². The molecule has 0 N–H and O–H groups in total. The van der Waals surface area contributed by atoms with Crippen LogP contribution in [0, 0.1) is 13.8 Å². The number of aromatic nitrogens is 2. The predicted octanol–water partition coefficient (Wildman–Crippen LogP) is 4.52. The Morgan fingerprint density at radius 2 is 1.35 bits per heavy atom. The van der Waals surface area contributed by atoms with Gasteiger partial charge in [-0.3, -0.25) is 0 Å². The molecule has 0 amide bonds. The lowest BCUT2D eigenvalue weighted by Gasteiger charge is -2.04. The molecule has 0 aliphatic heterocycles. The van der Waals surface area contributed by atoms with Crippen molar-refractivity contribution in [2.75, 3.05) is 0 Å². The summed E-state index contributed by atoms with van der Waals surface area (Å²) < 4.78 is 4.67. The lowest BCUT2D eigenvalue weighted by Crippen LogP contribution is -2.34. The van der Waals surface area contributed by atoms with Crippen molar-refractivity contribution in [2.24, 2.45) is 0 Å². The van der Waals surface area contributed by atoms with Crippen LogP contribution >= 0.6 is 0 Å². The average Bonchev–Trinajstić information content (AvgIpc) is 2.88. The van der Waals surface area contributed by atoms with Gasteiger partial charge in [0.1, 0.15) is 11.4 Å². The zero-order valence-electron chi connectivity index (χ0n) is 13.4. The van der Waals surface area contributed by atoms with Gasteiger partial charge in [-0.2, -0.15) is 9.13 Å². The van der Waals surface area contributed by atoms with Crippen molar-refractivity contribution >= 4 is 11.0 Å². The number of hydrogen-bond donors (Lipinski definition) is 0. The number of rotatable bonds is 2. The van der Waals surface area contributed by atoms with E-state index in [9.17, 15) is 0 Å². The molecule has 0 spiro atoms. The maximum Gasteiger partial charge on any atom is 0.264 e. The molecule has 1 aromatic heterocycles. The molecule has 0 saturated carbocycles. The molecule has 2 nitrogen and oxygen atoms in total. The van der Waals surface area contributed by atoms with Gasteiger partial charge in [-0.15, -0.1) is 0 Å². The number of hydrogen-bond acceptors (Lipinski definition) is 0. The minimum Gasteiger partial charge on any atom is -0.192 e. The summed E-state index contributed by atoms with van der Waals surface area (Å²) in [6, 6.07) is 27.6. The molecule has 112 valence electrons. The van der Waals surface area contributed by atoms with E-state index >= 15 is 0 Å². The van der Waals surface area contributed by atoms with Crippen LogP contribution in [0.3, 0.4) is 0 Å². The largest absolute Gasteiger partial charge is 0.264 e. The monoisotopic (exact) mass is 299 g/mol. The molecule has 4 rings (SSSR count). The maximum absolute atomic E-state index is 2.34. The molecule has 0 fully saturated rings. The Bertz CT molecular complexity index is 981. The van der Waals surface area contributed by atoms with E-state index in [2.05, 4.69) is 102 Å². The maximum atomic E-state index is 2.34. The molecular formula is C21H19N2+. The van der Waals surface area contributed by atoms with Crippen LogP contribution in [0.2, 0.25) is 0 Å². The van der Waals surface area contributed by atoms with E-state index in [1.165, 1.54) is 33.8 Å². The van der Waals surface area contributed by atoms with Crippen molar-refractivity contribution in [1.29, 1.82) is 0 Å². The average molecular weight is 299 g/mol. The Kier molecular flexibility index (Phi) is 3.23. The van der Waals surface area contributed by atoms with Crippen LogP contribution in [0.4, 0.5) is 0 Å². The molecule has 0 bridgehead atoms. The number of nitrogens with zero attached hydrogens (tertiary/aromatic N) is 2. The molecule has 3 aromatic carbocycles. The molecule has 0 radical (unpaired) electrons. The van der Waals surface area contributed by atoms with Gasteiger partial charge in [0.15, 0.2) is 11.0 Å². The van der Waals surface area contributed by atoms with E-state index in [1.807, 2.05) is 0 Å². The Hall–Kier alpha value is -2.87. The first-order chi connectivity index (χ1) is 11.3. The first-order valence-electron chi connectivity index (χ1n) is 7.91. The van der Waals surface area contributed by atoms with E-state index in [0.29, 0.717) is 0 Å². The van der Waals surface area contributed by atoms with Crippen molar-refractivity contribution in [3.63, 3.8) is 0 Å². The fourth-order valence-electron chi connectivity index (χ4n) is 3.31. The van der Waals surface area contributed by atoms with Crippen molar-refractivity contribution in [3.8, 4) is 11.4 Å². The fourth-order valence-corrected chi connectivity index (χ4v) is 3.31. The third kappa shape index (κ3) is 2.15. The third-order valence-corrected chi connectivity index (χ3v) is 4.38. The Morgan fingerprint density at radius 1 is 0.696 bits per heavy atom. The lowest BCUT2D eigenvalue weighted by atomic mass is 10.2. The molecule has 2 heteroatoms. The second-order valence-corrected chi connectivity index (χ2v) is 5.83. The van der Waals surface area contributed by atoms with Crippen molar-refractivity contribution < 1.29 is 4.57 Å². The van der Waals surface area contributed by atoms with E-state index in [0.717, 1.165) is 0 Å². The highest BCUT2D eigenvalue weighted by molar-refractivity contribution is 5.75. The molecular weight excluding hydrogens is 280 g/mol. The highest BCUT2D eigenvalue weighted by Gasteiger charge is 2.24. The molecule has 0 atom stereocenters. The molecule has 4 aromatic rings.